The van der Waals surface area contributed by atoms with E-state index in [0.717, 1.165) is 0 Å². The lowest BCUT2D eigenvalue weighted by Crippen LogP contribution is -2.09. The number of rotatable bonds is 3. The molecular weight excluding hydrogens is 143 g/mol. The summed E-state index contributed by atoms with van der Waals surface area (Å²) in [4.78, 5) is 0. The van der Waals surface area contributed by atoms with Crippen molar-refractivity contribution in [1.82, 2.24) is 0 Å². The van der Waals surface area contributed by atoms with Crippen molar-refractivity contribution in [3.63, 3.8) is 0 Å². The van der Waals surface area contributed by atoms with E-state index in [0.29, 0.717) is 17.5 Å². The van der Waals surface area contributed by atoms with Crippen molar-refractivity contribution in [2.75, 3.05) is 6.16 Å². The standard InChI is InChI=1S/C8H18OP/c1-6-10(9,7(2)3)8(4)5/h7-8H,1,6H2,2-5H3. The Labute approximate surface area is 64.6 Å². The van der Waals surface area contributed by atoms with E-state index in [1.807, 2.05) is 27.7 Å². The minimum Gasteiger partial charge on any atom is -0.323 e. The van der Waals surface area contributed by atoms with Gasteiger partial charge in [-0.2, -0.15) is 0 Å². The zero-order chi connectivity index (χ0) is 8.36. The summed E-state index contributed by atoms with van der Waals surface area (Å²) < 4.78 is 11.9. The third-order valence-electron chi connectivity index (χ3n) is 2.10. The molecule has 61 valence electrons. The van der Waals surface area contributed by atoms with E-state index in [-0.39, 0.29) is 0 Å². The molecule has 0 aromatic heterocycles. The smallest absolute Gasteiger partial charge is 0.0925 e. The van der Waals surface area contributed by atoms with Crippen LogP contribution in [-0.4, -0.2) is 17.5 Å². The van der Waals surface area contributed by atoms with Crippen molar-refractivity contribution in [3.8, 4) is 0 Å². The van der Waals surface area contributed by atoms with Crippen LogP contribution < -0.4 is 0 Å². The van der Waals surface area contributed by atoms with Gasteiger partial charge in [0.25, 0.3) is 0 Å². The molecule has 0 atom stereocenters. The monoisotopic (exact) mass is 161 g/mol. The normalized spacial score (nSPS) is 13.1. The van der Waals surface area contributed by atoms with Crippen LogP contribution in [0.25, 0.3) is 0 Å². The molecule has 0 saturated heterocycles. The zero-order valence-corrected chi connectivity index (χ0v) is 8.32. The predicted molar refractivity (Wildman–Crippen MR) is 48.1 cm³/mol. The molecule has 0 N–H and O–H groups in total. The lowest BCUT2D eigenvalue weighted by atomic mass is 10.5. The lowest BCUT2D eigenvalue weighted by molar-refractivity contribution is 0.563. The molecule has 0 bridgehead atoms. The Morgan fingerprint density at radius 1 is 1.20 bits per heavy atom. The molecule has 1 radical (unpaired) electrons. The highest BCUT2D eigenvalue weighted by atomic mass is 31.2. The second kappa shape index (κ2) is 3.57. The number of hydrogen-bond donors (Lipinski definition) is 0. The van der Waals surface area contributed by atoms with Crippen LogP contribution >= 0.6 is 7.14 Å². The summed E-state index contributed by atoms with van der Waals surface area (Å²) in [6.45, 7) is 11.8. The SMILES string of the molecule is [CH2]CP(=O)(C(C)C)C(C)C. The molecule has 1 nitrogen and oxygen atoms in total. The first-order chi connectivity index (χ1) is 4.45. The van der Waals surface area contributed by atoms with E-state index in [1.54, 1.807) is 0 Å². The van der Waals surface area contributed by atoms with E-state index in [1.165, 1.54) is 0 Å². The quantitative estimate of drug-likeness (QED) is 0.581. The summed E-state index contributed by atoms with van der Waals surface area (Å²) in [7, 11) is -1.96. The van der Waals surface area contributed by atoms with Crippen molar-refractivity contribution in [1.29, 1.82) is 0 Å². The van der Waals surface area contributed by atoms with Crippen LogP contribution in [0.5, 0.6) is 0 Å². The molecule has 0 rings (SSSR count). The highest BCUT2D eigenvalue weighted by Gasteiger charge is 2.27. The minimum absolute atomic E-state index is 0.296. The van der Waals surface area contributed by atoms with Gasteiger partial charge in [-0.25, -0.2) is 0 Å². The predicted octanol–water partition coefficient (Wildman–Crippen LogP) is 3.00. The Hall–Kier alpha value is 0.230. The fourth-order valence-electron chi connectivity index (χ4n) is 1.11. The van der Waals surface area contributed by atoms with E-state index in [9.17, 15) is 4.57 Å². The Morgan fingerprint density at radius 3 is 1.50 bits per heavy atom. The van der Waals surface area contributed by atoms with Gasteiger partial charge in [0.2, 0.25) is 0 Å². The van der Waals surface area contributed by atoms with Crippen molar-refractivity contribution >= 4 is 7.14 Å². The van der Waals surface area contributed by atoms with Gasteiger partial charge in [-0.05, 0) is 6.92 Å². The van der Waals surface area contributed by atoms with E-state index in [2.05, 4.69) is 6.92 Å². The molecule has 0 aromatic rings. The fraction of sp³-hybridized carbons (Fsp3) is 0.875. The van der Waals surface area contributed by atoms with Crippen LogP contribution in [0.2, 0.25) is 0 Å². The van der Waals surface area contributed by atoms with Gasteiger partial charge in [0.05, 0.1) is 7.14 Å². The summed E-state index contributed by atoms with van der Waals surface area (Å²) in [5.41, 5.74) is 0.593. The fourth-order valence-corrected chi connectivity index (χ4v) is 3.34. The Bertz CT molecular complexity index is 126. The molecule has 2 heteroatoms. The first-order valence-electron chi connectivity index (χ1n) is 3.82. The van der Waals surface area contributed by atoms with Crippen LogP contribution in [0.3, 0.4) is 0 Å². The van der Waals surface area contributed by atoms with Crippen LogP contribution in [-0.2, 0) is 4.57 Å². The lowest BCUT2D eigenvalue weighted by Gasteiger charge is -2.24. The first-order valence-corrected chi connectivity index (χ1v) is 5.86. The summed E-state index contributed by atoms with van der Waals surface area (Å²) in [5.74, 6) is 0. The molecule has 0 unspecified atom stereocenters. The van der Waals surface area contributed by atoms with Crippen molar-refractivity contribution < 1.29 is 4.57 Å². The largest absolute Gasteiger partial charge is 0.323 e. The Balaban J connectivity index is 4.40. The van der Waals surface area contributed by atoms with E-state index < -0.39 is 7.14 Å². The summed E-state index contributed by atoms with van der Waals surface area (Å²) in [6.07, 6.45) is 0.600. The van der Waals surface area contributed by atoms with Gasteiger partial charge in [0.1, 0.15) is 0 Å². The third-order valence-corrected chi connectivity index (χ3v) is 6.29. The maximum Gasteiger partial charge on any atom is 0.0925 e. The van der Waals surface area contributed by atoms with E-state index in [4.69, 9.17) is 0 Å². The summed E-state index contributed by atoms with van der Waals surface area (Å²) in [5, 5.41) is 0. The topological polar surface area (TPSA) is 17.1 Å². The maximum absolute atomic E-state index is 11.9. The molecule has 0 aliphatic heterocycles. The molecule has 0 spiro atoms. The molecule has 10 heavy (non-hydrogen) atoms. The van der Waals surface area contributed by atoms with Gasteiger partial charge in [-0.15, -0.1) is 0 Å². The average Bonchev–Trinajstić information content (AvgIpc) is 1.85. The molecular formula is C8H18OP. The van der Waals surface area contributed by atoms with Gasteiger partial charge < -0.3 is 4.57 Å². The third kappa shape index (κ3) is 1.85. The van der Waals surface area contributed by atoms with Crippen molar-refractivity contribution in [2.24, 2.45) is 0 Å². The molecule has 0 heterocycles. The molecule has 0 aliphatic carbocycles. The van der Waals surface area contributed by atoms with Gasteiger partial charge in [0.15, 0.2) is 0 Å². The van der Waals surface area contributed by atoms with Crippen LogP contribution in [0.4, 0.5) is 0 Å². The van der Waals surface area contributed by atoms with Crippen molar-refractivity contribution in [2.45, 2.75) is 39.0 Å². The van der Waals surface area contributed by atoms with Gasteiger partial charge >= 0.3 is 0 Å². The first kappa shape index (κ1) is 10.2. The van der Waals surface area contributed by atoms with Gasteiger partial charge in [-0.1, -0.05) is 27.7 Å². The van der Waals surface area contributed by atoms with Gasteiger partial charge in [-0.3, -0.25) is 0 Å². The zero-order valence-electron chi connectivity index (χ0n) is 7.42. The molecule has 0 aliphatic rings. The Kier molecular flexibility index (Phi) is 3.65. The second-order valence-electron chi connectivity index (χ2n) is 3.27. The maximum atomic E-state index is 11.9. The molecule has 0 aromatic carbocycles. The summed E-state index contributed by atoms with van der Waals surface area (Å²) in [6, 6.07) is 0. The molecule has 0 fully saturated rings. The van der Waals surface area contributed by atoms with Crippen LogP contribution in [0, 0.1) is 6.92 Å². The highest BCUT2D eigenvalue weighted by Crippen LogP contribution is 2.54. The van der Waals surface area contributed by atoms with Gasteiger partial charge in [0, 0.05) is 17.5 Å². The van der Waals surface area contributed by atoms with Crippen LogP contribution in [0.1, 0.15) is 27.7 Å². The Morgan fingerprint density at radius 2 is 1.50 bits per heavy atom. The highest BCUT2D eigenvalue weighted by molar-refractivity contribution is 7.65. The van der Waals surface area contributed by atoms with Crippen molar-refractivity contribution in [3.05, 3.63) is 6.92 Å². The average molecular weight is 161 g/mol. The van der Waals surface area contributed by atoms with Crippen LogP contribution in [0.15, 0.2) is 0 Å². The second-order valence-corrected chi connectivity index (χ2v) is 7.49. The molecule has 0 amide bonds. The molecule has 0 saturated carbocycles. The minimum atomic E-state index is -1.96. The number of hydrogen-bond acceptors (Lipinski definition) is 1. The summed E-state index contributed by atoms with van der Waals surface area (Å²) >= 11 is 0. The van der Waals surface area contributed by atoms with E-state index >= 15 is 0 Å².